The van der Waals surface area contributed by atoms with Crippen LogP contribution in [-0.2, 0) is 4.79 Å². The number of carbonyl (C=O) groups is 1. The predicted molar refractivity (Wildman–Crippen MR) is 94.5 cm³/mol. The van der Waals surface area contributed by atoms with E-state index in [0.29, 0.717) is 22.8 Å². The Morgan fingerprint density at radius 3 is 2.58 bits per heavy atom. The molecule has 2 aromatic carbocycles. The number of hydrogen-bond acceptors (Lipinski definition) is 5. The Bertz CT molecular complexity index is 881. The van der Waals surface area contributed by atoms with Crippen LogP contribution in [0, 0.1) is 5.82 Å². The fourth-order valence-corrected chi connectivity index (χ4v) is 2.30. The van der Waals surface area contributed by atoms with E-state index < -0.39 is 12.0 Å². The molecule has 3 aromatic rings. The van der Waals surface area contributed by atoms with Gasteiger partial charge in [0.05, 0.1) is 0 Å². The molecule has 1 atom stereocenters. The van der Waals surface area contributed by atoms with Crippen molar-refractivity contribution in [3.63, 3.8) is 0 Å². The van der Waals surface area contributed by atoms with Crippen LogP contribution in [0.15, 0.2) is 53.1 Å². The van der Waals surface area contributed by atoms with E-state index in [-0.39, 0.29) is 17.7 Å². The predicted octanol–water partition coefficient (Wildman–Crippen LogP) is 4.33. The van der Waals surface area contributed by atoms with Crippen LogP contribution in [0.3, 0.4) is 0 Å². The Labute approximate surface area is 153 Å². The first-order chi connectivity index (χ1) is 12.5. The molecule has 0 saturated heterocycles. The second kappa shape index (κ2) is 7.97. The van der Waals surface area contributed by atoms with Crippen LogP contribution < -0.4 is 10.1 Å². The molecule has 0 radical (unpaired) electrons. The van der Waals surface area contributed by atoms with Crippen molar-refractivity contribution < 1.29 is 18.4 Å². The number of aromatic nitrogens is 2. The first-order valence-corrected chi connectivity index (χ1v) is 8.25. The second-order valence-electron chi connectivity index (χ2n) is 5.39. The highest BCUT2D eigenvalue weighted by Gasteiger charge is 2.21. The summed E-state index contributed by atoms with van der Waals surface area (Å²) in [6, 6.07) is 12.3. The quantitative estimate of drug-likeness (QED) is 0.694. The van der Waals surface area contributed by atoms with Gasteiger partial charge >= 0.3 is 0 Å². The van der Waals surface area contributed by atoms with E-state index in [1.54, 1.807) is 31.2 Å². The minimum atomic E-state index is -0.780. The molecule has 0 unspecified atom stereocenters. The van der Waals surface area contributed by atoms with Gasteiger partial charge in [0, 0.05) is 10.6 Å². The number of benzene rings is 2. The Balaban J connectivity index is 1.66. The molecule has 1 aromatic heterocycles. The zero-order chi connectivity index (χ0) is 18.5. The Hall–Kier alpha value is -2.93. The van der Waals surface area contributed by atoms with Crippen molar-refractivity contribution in [2.24, 2.45) is 0 Å². The number of carbonyl (C=O) groups excluding carboxylic acids is 1. The maximum atomic E-state index is 12.9. The van der Waals surface area contributed by atoms with E-state index in [1.165, 1.54) is 24.3 Å². The molecule has 3 rings (SSSR count). The Morgan fingerprint density at radius 1 is 1.23 bits per heavy atom. The second-order valence-corrected chi connectivity index (χ2v) is 5.82. The topological polar surface area (TPSA) is 77.2 Å². The fraction of sp³-hybridized carbons (Fsp3) is 0.167. The standard InChI is InChI=1S/C18H15ClFN3O3/c1-2-15(25-14-9-7-13(20)8-10-14)16(24)21-18-22-17(26-23-18)11-3-5-12(19)6-4-11/h3-10,15H,2H2,1H3,(H,21,23,24)/t15-/m0/s1. The van der Waals surface area contributed by atoms with Crippen LogP contribution in [0.5, 0.6) is 5.75 Å². The van der Waals surface area contributed by atoms with Crippen molar-refractivity contribution in [1.29, 1.82) is 0 Å². The van der Waals surface area contributed by atoms with Crippen molar-refractivity contribution in [2.45, 2.75) is 19.4 Å². The number of anilines is 1. The number of hydrogen-bond donors (Lipinski definition) is 1. The van der Waals surface area contributed by atoms with Gasteiger partial charge in [-0.25, -0.2) is 4.39 Å². The van der Waals surface area contributed by atoms with Gasteiger partial charge in [0.25, 0.3) is 17.7 Å². The highest BCUT2D eigenvalue weighted by molar-refractivity contribution is 6.30. The van der Waals surface area contributed by atoms with Gasteiger partial charge in [-0.05, 0) is 60.1 Å². The molecule has 6 nitrogen and oxygen atoms in total. The molecule has 0 spiro atoms. The normalized spacial score (nSPS) is 11.8. The smallest absolute Gasteiger partial charge is 0.270 e. The minimum Gasteiger partial charge on any atom is -0.481 e. The van der Waals surface area contributed by atoms with Gasteiger partial charge < -0.3 is 9.26 Å². The highest BCUT2D eigenvalue weighted by Crippen LogP contribution is 2.21. The molecule has 0 saturated carbocycles. The molecule has 8 heteroatoms. The summed E-state index contributed by atoms with van der Waals surface area (Å²) in [4.78, 5) is 16.5. The van der Waals surface area contributed by atoms with Crippen LogP contribution in [0.4, 0.5) is 10.3 Å². The lowest BCUT2D eigenvalue weighted by Crippen LogP contribution is -2.32. The summed E-state index contributed by atoms with van der Waals surface area (Å²) >= 11 is 5.84. The summed E-state index contributed by atoms with van der Waals surface area (Å²) in [5.41, 5.74) is 0.678. The summed E-state index contributed by atoms with van der Waals surface area (Å²) < 4.78 is 23.7. The van der Waals surface area contributed by atoms with Gasteiger partial charge in [-0.1, -0.05) is 18.5 Å². The van der Waals surface area contributed by atoms with E-state index in [1.807, 2.05) is 0 Å². The van der Waals surface area contributed by atoms with Crippen molar-refractivity contribution in [2.75, 3.05) is 5.32 Å². The fourth-order valence-electron chi connectivity index (χ4n) is 2.17. The summed E-state index contributed by atoms with van der Waals surface area (Å²) in [7, 11) is 0. The molecule has 0 aliphatic rings. The first-order valence-electron chi connectivity index (χ1n) is 7.88. The van der Waals surface area contributed by atoms with Crippen LogP contribution in [-0.4, -0.2) is 22.2 Å². The highest BCUT2D eigenvalue weighted by atomic mass is 35.5. The lowest BCUT2D eigenvalue weighted by Gasteiger charge is -2.15. The molecular weight excluding hydrogens is 361 g/mol. The number of ether oxygens (including phenoxy) is 1. The number of rotatable bonds is 6. The lowest BCUT2D eigenvalue weighted by atomic mass is 10.2. The van der Waals surface area contributed by atoms with Gasteiger partial charge in [-0.15, -0.1) is 0 Å². The maximum Gasteiger partial charge on any atom is 0.270 e. The molecule has 26 heavy (non-hydrogen) atoms. The SMILES string of the molecule is CC[C@H](Oc1ccc(F)cc1)C(=O)Nc1noc(-c2ccc(Cl)cc2)n1. The van der Waals surface area contributed by atoms with Crippen molar-refractivity contribution in [1.82, 2.24) is 10.1 Å². The van der Waals surface area contributed by atoms with Gasteiger partial charge in [0.15, 0.2) is 6.10 Å². The van der Waals surface area contributed by atoms with Gasteiger partial charge in [-0.2, -0.15) is 4.98 Å². The number of halogens is 2. The third-order valence-corrected chi connectivity index (χ3v) is 3.76. The number of amides is 1. The third kappa shape index (κ3) is 4.37. The third-order valence-electron chi connectivity index (χ3n) is 3.51. The summed E-state index contributed by atoms with van der Waals surface area (Å²) in [5, 5.41) is 6.87. The molecule has 1 amide bonds. The van der Waals surface area contributed by atoms with E-state index in [0.717, 1.165) is 0 Å². The molecule has 0 aliphatic carbocycles. The van der Waals surface area contributed by atoms with Crippen LogP contribution in [0.2, 0.25) is 5.02 Å². The molecular formula is C18H15ClFN3O3. The molecule has 1 heterocycles. The molecule has 0 aliphatic heterocycles. The van der Waals surface area contributed by atoms with E-state index in [4.69, 9.17) is 20.9 Å². The summed E-state index contributed by atoms with van der Waals surface area (Å²) in [6.45, 7) is 1.79. The molecule has 0 fully saturated rings. The molecule has 0 bridgehead atoms. The maximum absolute atomic E-state index is 12.9. The van der Waals surface area contributed by atoms with Crippen LogP contribution in [0.25, 0.3) is 11.5 Å². The van der Waals surface area contributed by atoms with E-state index in [9.17, 15) is 9.18 Å². The molecule has 1 N–H and O–H groups in total. The average molecular weight is 376 g/mol. The van der Waals surface area contributed by atoms with E-state index >= 15 is 0 Å². The number of nitrogens with zero attached hydrogens (tertiary/aromatic N) is 2. The summed E-state index contributed by atoms with van der Waals surface area (Å²) in [5.74, 6) is -0.134. The van der Waals surface area contributed by atoms with E-state index in [2.05, 4.69) is 15.5 Å². The zero-order valence-corrected chi connectivity index (χ0v) is 14.5. The summed E-state index contributed by atoms with van der Waals surface area (Å²) in [6.07, 6.45) is -0.372. The van der Waals surface area contributed by atoms with Gasteiger partial charge in [0.2, 0.25) is 0 Å². The Morgan fingerprint density at radius 2 is 1.92 bits per heavy atom. The monoisotopic (exact) mass is 375 g/mol. The lowest BCUT2D eigenvalue weighted by molar-refractivity contribution is -0.122. The zero-order valence-electron chi connectivity index (χ0n) is 13.8. The number of nitrogens with one attached hydrogen (secondary N) is 1. The minimum absolute atomic E-state index is 0.0288. The van der Waals surface area contributed by atoms with Gasteiger partial charge in [-0.3, -0.25) is 10.1 Å². The van der Waals surface area contributed by atoms with Crippen molar-refractivity contribution >= 4 is 23.5 Å². The van der Waals surface area contributed by atoms with Crippen molar-refractivity contribution in [3.05, 3.63) is 59.4 Å². The molecule has 134 valence electrons. The van der Waals surface area contributed by atoms with Gasteiger partial charge in [0.1, 0.15) is 11.6 Å². The van der Waals surface area contributed by atoms with Crippen LogP contribution in [0.1, 0.15) is 13.3 Å². The Kier molecular flexibility index (Phi) is 5.48. The first kappa shape index (κ1) is 17.9. The average Bonchev–Trinajstić information content (AvgIpc) is 3.10. The largest absolute Gasteiger partial charge is 0.481 e. The van der Waals surface area contributed by atoms with Crippen molar-refractivity contribution in [3.8, 4) is 17.2 Å². The van der Waals surface area contributed by atoms with Crippen LogP contribution >= 0.6 is 11.6 Å².